The topological polar surface area (TPSA) is 49.3 Å². The van der Waals surface area contributed by atoms with Crippen LogP contribution in [0, 0.1) is 5.41 Å². The molecular formula is C19H23F3N4S. The number of hydrogen-bond acceptors (Lipinski definition) is 3. The molecule has 0 atom stereocenters. The van der Waals surface area contributed by atoms with Crippen LogP contribution in [0.5, 0.6) is 0 Å². The molecule has 3 rings (SSSR count). The van der Waals surface area contributed by atoms with Crippen molar-refractivity contribution in [1.82, 2.24) is 15.6 Å². The normalized spacial score (nSPS) is 16.2. The molecule has 0 unspecified atom stereocenters. The highest BCUT2D eigenvalue weighted by molar-refractivity contribution is 7.09. The minimum Gasteiger partial charge on any atom is -0.357 e. The molecule has 2 aromatic rings. The van der Waals surface area contributed by atoms with E-state index in [4.69, 9.17) is 0 Å². The number of halogens is 3. The Balaban J connectivity index is 1.57. The van der Waals surface area contributed by atoms with E-state index in [1.54, 1.807) is 0 Å². The molecule has 0 saturated heterocycles. The Kier molecular flexibility index (Phi) is 6.04. The van der Waals surface area contributed by atoms with E-state index in [0.717, 1.165) is 42.5 Å². The number of alkyl halides is 3. The fourth-order valence-electron chi connectivity index (χ4n) is 2.90. The molecule has 1 aliphatic rings. The molecule has 1 heterocycles. The minimum atomic E-state index is -4.41. The van der Waals surface area contributed by atoms with Crippen LogP contribution in [0.2, 0.25) is 0 Å². The lowest BCUT2D eigenvalue weighted by Crippen LogP contribution is -2.40. The fourth-order valence-corrected chi connectivity index (χ4v) is 3.62. The molecule has 1 fully saturated rings. The molecule has 0 aliphatic heterocycles. The average molecular weight is 396 g/mol. The van der Waals surface area contributed by atoms with Crippen molar-refractivity contribution >= 4 is 17.3 Å². The SMILES string of the molecule is CCNC(=NCc1nc(C(F)(F)F)cs1)NCC1(Cc2ccccc2)CC1. The third-order valence-corrected chi connectivity index (χ3v) is 5.40. The van der Waals surface area contributed by atoms with Crippen LogP contribution in [-0.2, 0) is 19.1 Å². The first-order chi connectivity index (χ1) is 12.9. The zero-order chi connectivity index (χ0) is 19.3. The van der Waals surface area contributed by atoms with Gasteiger partial charge in [0.1, 0.15) is 5.01 Å². The third-order valence-electron chi connectivity index (χ3n) is 4.57. The summed E-state index contributed by atoms with van der Waals surface area (Å²) in [5, 5.41) is 7.88. The van der Waals surface area contributed by atoms with Gasteiger partial charge in [0.05, 0.1) is 6.54 Å². The predicted octanol–water partition coefficient (Wildman–Crippen LogP) is 4.24. The molecule has 2 N–H and O–H groups in total. The number of aliphatic imine (C=N–C) groups is 1. The highest BCUT2D eigenvalue weighted by Crippen LogP contribution is 2.47. The van der Waals surface area contributed by atoms with Crippen LogP contribution in [0.3, 0.4) is 0 Å². The number of rotatable bonds is 7. The number of thiazole rings is 1. The van der Waals surface area contributed by atoms with Gasteiger partial charge in [-0.2, -0.15) is 13.2 Å². The Bertz CT molecular complexity index is 767. The van der Waals surface area contributed by atoms with Crippen LogP contribution < -0.4 is 10.6 Å². The summed E-state index contributed by atoms with van der Waals surface area (Å²) in [6.45, 7) is 3.56. The summed E-state index contributed by atoms with van der Waals surface area (Å²) >= 11 is 0.981. The average Bonchev–Trinajstić information content (AvgIpc) is 3.21. The molecule has 1 aromatic carbocycles. The second kappa shape index (κ2) is 8.29. The summed E-state index contributed by atoms with van der Waals surface area (Å²) in [5.41, 5.74) is 0.707. The Morgan fingerprint density at radius 2 is 1.96 bits per heavy atom. The summed E-state index contributed by atoms with van der Waals surface area (Å²) in [6.07, 6.45) is -1.07. The lowest BCUT2D eigenvalue weighted by molar-refractivity contribution is -0.140. The van der Waals surface area contributed by atoms with Crippen molar-refractivity contribution in [2.24, 2.45) is 10.4 Å². The van der Waals surface area contributed by atoms with E-state index < -0.39 is 11.9 Å². The Hall–Kier alpha value is -2.09. The van der Waals surface area contributed by atoms with Gasteiger partial charge in [-0.3, -0.25) is 0 Å². The standard InChI is InChI=1S/C19H23F3N4S/c1-2-23-17(24-11-16-26-15(12-27-16)19(20,21)22)25-13-18(8-9-18)10-14-6-4-3-5-7-14/h3-7,12H,2,8-11,13H2,1H3,(H2,23,24,25). The second-order valence-electron chi connectivity index (χ2n) is 6.84. The monoisotopic (exact) mass is 396 g/mol. The highest BCUT2D eigenvalue weighted by Gasteiger charge is 2.42. The summed E-state index contributed by atoms with van der Waals surface area (Å²) in [5.74, 6) is 0.612. The molecule has 4 nitrogen and oxygen atoms in total. The molecular weight excluding hydrogens is 373 g/mol. The molecule has 1 saturated carbocycles. The number of aromatic nitrogens is 1. The van der Waals surface area contributed by atoms with Gasteiger partial charge in [0, 0.05) is 18.5 Å². The maximum absolute atomic E-state index is 12.6. The van der Waals surface area contributed by atoms with Gasteiger partial charge in [-0.25, -0.2) is 9.98 Å². The Morgan fingerprint density at radius 1 is 1.22 bits per heavy atom. The quantitative estimate of drug-likeness (QED) is 0.544. The summed E-state index contributed by atoms with van der Waals surface area (Å²) in [4.78, 5) is 8.01. The number of hydrogen-bond donors (Lipinski definition) is 2. The van der Waals surface area contributed by atoms with Gasteiger partial charge >= 0.3 is 6.18 Å². The van der Waals surface area contributed by atoms with Crippen molar-refractivity contribution in [2.45, 2.75) is 38.9 Å². The van der Waals surface area contributed by atoms with Gasteiger partial charge < -0.3 is 10.6 Å². The third kappa shape index (κ3) is 5.69. The zero-order valence-electron chi connectivity index (χ0n) is 15.1. The van der Waals surface area contributed by atoms with Crippen LogP contribution in [0.1, 0.15) is 36.0 Å². The Morgan fingerprint density at radius 3 is 2.56 bits per heavy atom. The van der Waals surface area contributed by atoms with Crippen molar-refractivity contribution in [3.63, 3.8) is 0 Å². The van der Waals surface area contributed by atoms with E-state index in [1.807, 2.05) is 25.1 Å². The van der Waals surface area contributed by atoms with Crippen LogP contribution in [-0.4, -0.2) is 24.0 Å². The van der Waals surface area contributed by atoms with Crippen molar-refractivity contribution in [2.75, 3.05) is 13.1 Å². The van der Waals surface area contributed by atoms with Crippen LogP contribution in [0.15, 0.2) is 40.7 Å². The molecule has 0 bridgehead atoms. The van der Waals surface area contributed by atoms with E-state index in [0.29, 0.717) is 17.5 Å². The van der Waals surface area contributed by atoms with Crippen LogP contribution in [0.4, 0.5) is 13.2 Å². The van der Waals surface area contributed by atoms with Crippen molar-refractivity contribution in [3.05, 3.63) is 52.0 Å². The van der Waals surface area contributed by atoms with E-state index in [2.05, 4.69) is 32.7 Å². The van der Waals surface area contributed by atoms with Crippen LogP contribution >= 0.6 is 11.3 Å². The second-order valence-corrected chi connectivity index (χ2v) is 7.78. The van der Waals surface area contributed by atoms with Gasteiger partial charge in [0.15, 0.2) is 11.7 Å². The van der Waals surface area contributed by atoms with Gasteiger partial charge in [0.2, 0.25) is 0 Å². The lowest BCUT2D eigenvalue weighted by Gasteiger charge is -2.18. The first kappa shape index (κ1) is 19.7. The van der Waals surface area contributed by atoms with Crippen LogP contribution in [0.25, 0.3) is 0 Å². The Labute approximate surface area is 160 Å². The number of benzene rings is 1. The molecule has 0 radical (unpaired) electrons. The summed E-state index contributed by atoms with van der Waals surface area (Å²) in [6, 6.07) is 10.4. The maximum Gasteiger partial charge on any atom is 0.434 e. The maximum atomic E-state index is 12.6. The van der Waals surface area contributed by atoms with Crippen molar-refractivity contribution in [3.8, 4) is 0 Å². The predicted molar refractivity (Wildman–Crippen MR) is 102 cm³/mol. The first-order valence-electron chi connectivity index (χ1n) is 8.98. The highest BCUT2D eigenvalue weighted by atomic mass is 32.1. The largest absolute Gasteiger partial charge is 0.434 e. The summed E-state index contributed by atoms with van der Waals surface area (Å²) < 4.78 is 37.9. The van der Waals surface area contributed by atoms with E-state index in [-0.39, 0.29) is 12.0 Å². The van der Waals surface area contributed by atoms with Crippen molar-refractivity contribution in [1.29, 1.82) is 0 Å². The fraction of sp³-hybridized carbons (Fsp3) is 0.474. The zero-order valence-corrected chi connectivity index (χ0v) is 16.0. The van der Waals surface area contributed by atoms with E-state index in [1.165, 1.54) is 5.56 Å². The lowest BCUT2D eigenvalue weighted by atomic mass is 9.96. The van der Waals surface area contributed by atoms with E-state index >= 15 is 0 Å². The summed E-state index contributed by atoms with van der Waals surface area (Å²) in [7, 11) is 0. The number of nitrogens with one attached hydrogen (secondary N) is 2. The van der Waals surface area contributed by atoms with E-state index in [9.17, 15) is 13.2 Å². The molecule has 27 heavy (non-hydrogen) atoms. The van der Waals surface area contributed by atoms with Gasteiger partial charge in [-0.1, -0.05) is 30.3 Å². The first-order valence-corrected chi connectivity index (χ1v) is 9.86. The molecule has 146 valence electrons. The number of guanidine groups is 1. The number of nitrogens with zero attached hydrogens (tertiary/aromatic N) is 2. The molecule has 1 aliphatic carbocycles. The van der Waals surface area contributed by atoms with Gasteiger partial charge in [0.25, 0.3) is 0 Å². The molecule has 8 heteroatoms. The molecule has 1 aromatic heterocycles. The van der Waals surface area contributed by atoms with Crippen molar-refractivity contribution < 1.29 is 13.2 Å². The van der Waals surface area contributed by atoms with Gasteiger partial charge in [-0.15, -0.1) is 11.3 Å². The van der Waals surface area contributed by atoms with Gasteiger partial charge in [-0.05, 0) is 37.2 Å². The smallest absolute Gasteiger partial charge is 0.357 e. The minimum absolute atomic E-state index is 0.127. The molecule has 0 amide bonds. The molecule has 0 spiro atoms.